The van der Waals surface area contributed by atoms with Crippen LogP contribution in [0.1, 0.15) is 52.5 Å². The van der Waals surface area contributed by atoms with Gasteiger partial charge in [0.1, 0.15) is 12.3 Å². The van der Waals surface area contributed by atoms with Crippen molar-refractivity contribution in [2.75, 3.05) is 6.54 Å². The second-order valence-electron chi connectivity index (χ2n) is 8.50. The number of aromatic nitrogens is 1. The maximum Gasteiger partial charge on any atom is 0.318 e. The molecule has 7 nitrogen and oxygen atoms in total. The molecular formula is C22H34N4O3. The third-order valence-electron chi connectivity index (χ3n) is 4.85. The number of carbonyl (C=O) groups is 2. The molecule has 0 unspecified atom stereocenters. The number of carbonyl (C=O) groups excluding carboxylic acids is 2. The molecule has 2 heterocycles. The Kier molecular flexibility index (Phi) is 7.53. The summed E-state index contributed by atoms with van der Waals surface area (Å²) in [5.41, 5.74) is 0.641. The lowest BCUT2D eigenvalue weighted by molar-refractivity contribution is -0.133. The minimum atomic E-state index is -0.372. The maximum atomic E-state index is 13.3. The molecule has 0 aliphatic heterocycles. The Morgan fingerprint density at radius 2 is 1.93 bits per heavy atom. The van der Waals surface area contributed by atoms with Crippen molar-refractivity contribution in [2.45, 2.75) is 65.7 Å². The van der Waals surface area contributed by atoms with Crippen LogP contribution >= 0.6 is 0 Å². The van der Waals surface area contributed by atoms with Crippen LogP contribution in [0.25, 0.3) is 0 Å². The summed E-state index contributed by atoms with van der Waals surface area (Å²) in [5, 5.41) is 2.97. The number of hydrogen-bond donors (Lipinski definition) is 1. The van der Waals surface area contributed by atoms with Crippen LogP contribution in [0.3, 0.4) is 0 Å². The Morgan fingerprint density at radius 1 is 1.21 bits per heavy atom. The normalized spacial score (nSPS) is 12.5. The molecule has 0 saturated carbocycles. The van der Waals surface area contributed by atoms with E-state index < -0.39 is 0 Å². The van der Waals surface area contributed by atoms with Crippen LogP contribution in [-0.4, -0.2) is 44.4 Å². The SMILES string of the molecule is CC[C@@H](C)N(CC(=O)N(Cc1ccco1)Cc1cccn1C)C(=O)NC(C)(C)C. The summed E-state index contributed by atoms with van der Waals surface area (Å²) in [7, 11) is 1.95. The fraction of sp³-hybridized carbons (Fsp3) is 0.545. The average molecular weight is 403 g/mol. The molecule has 7 heteroatoms. The first kappa shape index (κ1) is 22.6. The van der Waals surface area contributed by atoms with Crippen molar-refractivity contribution >= 4 is 11.9 Å². The summed E-state index contributed by atoms with van der Waals surface area (Å²) < 4.78 is 7.44. The number of urea groups is 1. The highest BCUT2D eigenvalue weighted by molar-refractivity contribution is 5.84. The van der Waals surface area contributed by atoms with Crippen molar-refractivity contribution in [1.82, 2.24) is 19.7 Å². The zero-order valence-electron chi connectivity index (χ0n) is 18.4. The zero-order valence-corrected chi connectivity index (χ0v) is 18.4. The van der Waals surface area contributed by atoms with E-state index in [1.807, 2.05) is 76.7 Å². The molecule has 0 spiro atoms. The van der Waals surface area contributed by atoms with Gasteiger partial charge in [-0.1, -0.05) is 6.92 Å². The molecule has 2 aromatic rings. The summed E-state index contributed by atoms with van der Waals surface area (Å²) in [6.45, 7) is 10.6. The summed E-state index contributed by atoms with van der Waals surface area (Å²) in [5.74, 6) is 0.591. The summed E-state index contributed by atoms with van der Waals surface area (Å²) >= 11 is 0. The van der Waals surface area contributed by atoms with Crippen LogP contribution in [0, 0.1) is 0 Å². The molecule has 0 aromatic carbocycles. The van der Waals surface area contributed by atoms with Gasteiger partial charge >= 0.3 is 6.03 Å². The largest absolute Gasteiger partial charge is 0.467 e. The molecule has 0 saturated heterocycles. The van der Waals surface area contributed by atoms with Gasteiger partial charge in [-0.25, -0.2) is 4.79 Å². The first-order valence-corrected chi connectivity index (χ1v) is 10.1. The fourth-order valence-electron chi connectivity index (χ4n) is 2.97. The number of rotatable bonds is 8. The molecule has 160 valence electrons. The van der Waals surface area contributed by atoms with Gasteiger partial charge < -0.3 is 24.1 Å². The highest BCUT2D eigenvalue weighted by Gasteiger charge is 2.27. The van der Waals surface area contributed by atoms with Crippen molar-refractivity contribution in [3.05, 3.63) is 48.2 Å². The molecular weight excluding hydrogens is 368 g/mol. The average Bonchev–Trinajstić information content (AvgIpc) is 3.28. The van der Waals surface area contributed by atoms with Gasteiger partial charge in [0.25, 0.3) is 0 Å². The van der Waals surface area contributed by atoms with Crippen molar-refractivity contribution in [2.24, 2.45) is 7.05 Å². The van der Waals surface area contributed by atoms with E-state index in [9.17, 15) is 9.59 Å². The van der Waals surface area contributed by atoms with Crippen LogP contribution in [0.5, 0.6) is 0 Å². The maximum absolute atomic E-state index is 13.3. The predicted octanol–water partition coefficient (Wildman–Crippen LogP) is 3.76. The Labute approximate surface area is 173 Å². The van der Waals surface area contributed by atoms with Gasteiger partial charge in [0, 0.05) is 30.5 Å². The van der Waals surface area contributed by atoms with E-state index in [2.05, 4.69) is 5.32 Å². The van der Waals surface area contributed by atoms with Crippen LogP contribution in [-0.2, 0) is 24.9 Å². The highest BCUT2D eigenvalue weighted by Crippen LogP contribution is 2.14. The lowest BCUT2D eigenvalue weighted by atomic mass is 10.1. The van der Waals surface area contributed by atoms with E-state index in [0.29, 0.717) is 18.8 Å². The Hall–Kier alpha value is -2.70. The number of aryl methyl sites for hydroxylation is 1. The van der Waals surface area contributed by atoms with E-state index in [1.54, 1.807) is 16.1 Å². The van der Waals surface area contributed by atoms with E-state index >= 15 is 0 Å². The zero-order chi connectivity index (χ0) is 21.6. The molecule has 0 bridgehead atoms. The Balaban J connectivity index is 2.20. The third-order valence-corrected chi connectivity index (χ3v) is 4.85. The molecule has 29 heavy (non-hydrogen) atoms. The molecule has 0 aliphatic rings. The standard InChI is InChI=1S/C22H34N4O3/c1-7-17(2)26(21(28)23-22(3,4)5)16-20(27)25(15-19-11-9-13-29-19)14-18-10-8-12-24(18)6/h8-13,17H,7,14-16H2,1-6H3,(H,23,28)/t17-/m1/s1. The Bertz CT molecular complexity index is 789. The Morgan fingerprint density at radius 3 is 2.45 bits per heavy atom. The highest BCUT2D eigenvalue weighted by atomic mass is 16.3. The predicted molar refractivity (Wildman–Crippen MR) is 113 cm³/mol. The van der Waals surface area contributed by atoms with E-state index in [0.717, 1.165) is 12.1 Å². The number of furan rings is 1. The van der Waals surface area contributed by atoms with E-state index in [-0.39, 0.29) is 30.1 Å². The van der Waals surface area contributed by atoms with Gasteiger partial charge in [0.05, 0.1) is 19.4 Å². The van der Waals surface area contributed by atoms with Crippen molar-refractivity contribution in [3.8, 4) is 0 Å². The molecule has 1 N–H and O–H groups in total. The van der Waals surface area contributed by atoms with Gasteiger partial charge in [0.2, 0.25) is 5.91 Å². The molecule has 3 amide bonds. The fourth-order valence-corrected chi connectivity index (χ4v) is 2.97. The van der Waals surface area contributed by atoms with Crippen molar-refractivity contribution in [1.29, 1.82) is 0 Å². The number of hydrogen-bond acceptors (Lipinski definition) is 3. The summed E-state index contributed by atoms with van der Waals surface area (Å²) in [6, 6.07) is 7.32. The summed E-state index contributed by atoms with van der Waals surface area (Å²) in [4.78, 5) is 29.4. The van der Waals surface area contributed by atoms with E-state index in [1.165, 1.54) is 0 Å². The van der Waals surface area contributed by atoms with Crippen molar-refractivity contribution in [3.63, 3.8) is 0 Å². The molecule has 0 aliphatic carbocycles. The lowest BCUT2D eigenvalue weighted by Gasteiger charge is -2.33. The van der Waals surface area contributed by atoms with Crippen LogP contribution in [0.2, 0.25) is 0 Å². The first-order chi connectivity index (χ1) is 13.6. The quantitative estimate of drug-likeness (QED) is 0.731. The van der Waals surface area contributed by atoms with Crippen molar-refractivity contribution < 1.29 is 14.0 Å². The number of amides is 3. The molecule has 1 atom stereocenters. The molecule has 0 fully saturated rings. The smallest absolute Gasteiger partial charge is 0.318 e. The van der Waals surface area contributed by atoms with Gasteiger partial charge in [-0.2, -0.15) is 0 Å². The van der Waals surface area contributed by atoms with Gasteiger partial charge in [-0.15, -0.1) is 0 Å². The van der Waals surface area contributed by atoms with Crippen LogP contribution < -0.4 is 5.32 Å². The van der Waals surface area contributed by atoms with Crippen LogP contribution in [0.4, 0.5) is 4.79 Å². The number of nitrogens with one attached hydrogen (secondary N) is 1. The minimum Gasteiger partial charge on any atom is -0.467 e. The minimum absolute atomic E-state index is 0.0159. The van der Waals surface area contributed by atoms with E-state index in [4.69, 9.17) is 4.42 Å². The second-order valence-corrected chi connectivity index (χ2v) is 8.50. The molecule has 2 rings (SSSR count). The second kappa shape index (κ2) is 9.67. The van der Waals surface area contributed by atoms with Crippen LogP contribution in [0.15, 0.2) is 41.1 Å². The molecule has 2 aromatic heterocycles. The first-order valence-electron chi connectivity index (χ1n) is 10.1. The molecule has 0 radical (unpaired) electrons. The summed E-state index contributed by atoms with van der Waals surface area (Å²) in [6.07, 6.45) is 4.32. The monoisotopic (exact) mass is 402 g/mol. The third kappa shape index (κ3) is 6.69. The number of nitrogens with zero attached hydrogens (tertiary/aromatic N) is 3. The van der Waals surface area contributed by atoms with Gasteiger partial charge in [-0.3, -0.25) is 4.79 Å². The topological polar surface area (TPSA) is 70.7 Å². The lowest BCUT2D eigenvalue weighted by Crippen LogP contribution is -2.54. The van der Waals surface area contributed by atoms with Gasteiger partial charge in [0.15, 0.2) is 0 Å². The van der Waals surface area contributed by atoms with Gasteiger partial charge in [-0.05, 0) is 58.4 Å².